The second-order valence-corrected chi connectivity index (χ2v) is 4.02. The lowest BCUT2D eigenvalue weighted by atomic mass is 10.4. The highest BCUT2D eigenvalue weighted by molar-refractivity contribution is 5.71. The highest BCUT2D eigenvalue weighted by atomic mass is 16.4. The van der Waals surface area contributed by atoms with Gasteiger partial charge in [0.2, 0.25) is 6.17 Å². The van der Waals surface area contributed by atoms with Gasteiger partial charge in [-0.3, -0.25) is 0 Å². The third kappa shape index (κ3) is 2.06. The van der Waals surface area contributed by atoms with E-state index < -0.39 is 12.1 Å². The summed E-state index contributed by atoms with van der Waals surface area (Å²) in [6, 6.07) is 3.61. The number of carboxylic acid groups (broad SMARTS) is 1. The number of aryl methyl sites for hydroxylation is 3. The number of carbonyl (C=O) groups is 1. The first kappa shape index (κ1) is 11.4. The monoisotopic (exact) mass is 234 g/mol. The minimum Gasteiger partial charge on any atom is -0.478 e. The van der Waals surface area contributed by atoms with Gasteiger partial charge in [-0.1, -0.05) is 0 Å². The molecule has 6 heteroatoms. The minimum absolute atomic E-state index is 0.776. The number of hydrogen-bond acceptors (Lipinski definition) is 3. The van der Waals surface area contributed by atoms with Gasteiger partial charge in [0.15, 0.2) is 0 Å². The maximum Gasteiger partial charge on any atom is 0.351 e. The Morgan fingerprint density at radius 3 is 2.41 bits per heavy atom. The highest BCUT2D eigenvalue weighted by Gasteiger charge is 2.24. The molecule has 1 unspecified atom stereocenters. The number of aromatic nitrogens is 4. The summed E-state index contributed by atoms with van der Waals surface area (Å²) in [7, 11) is 0. The summed E-state index contributed by atoms with van der Waals surface area (Å²) >= 11 is 0. The van der Waals surface area contributed by atoms with Crippen molar-refractivity contribution in [3.05, 3.63) is 35.4 Å². The molecule has 2 aromatic heterocycles. The molecule has 6 nitrogen and oxygen atoms in total. The van der Waals surface area contributed by atoms with Crippen LogP contribution in [0.2, 0.25) is 0 Å². The number of hydrogen-bond donors (Lipinski definition) is 1. The van der Waals surface area contributed by atoms with Crippen molar-refractivity contribution < 1.29 is 9.90 Å². The standard InChI is InChI=1S/C11H14N4O2/c1-7-4-5-14(12-7)10(11(16)17)15-9(3)6-8(2)13-15/h4-6,10H,1-3H3,(H,16,17). The summed E-state index contributed by atoms with van der Waals surface area (Å²) in [6.07, 6.45) is 0.710. The second kappa shape index (κ2) is 4.04. The van der Waals surface area contributed by atoms with Gasteiger partial charge in [0.25, 0.3) is 0 Å². The number of aliphatic carboxylic acids is 1. The van der Waals surface area contributed by atoms with E-state index in [4.69, 9.17) is 0 Å². The van der Waals surface area contributed by atoms with E-state index in [1.54, 1.807) is 12.3 Å². The van der Waals surface area contributed by atoms with E-state index in [0.717, 1.165) is 17.1 Å². The molecule has 0 spiro atoms. The lowest BCUT2D eigenvalue weighted by Crippen LogP contribution is -2.28. The van der Waals surface area contributed by atoms with Crippen molar-refractivity contribution in [2.24, 2.45) is 0 Å². The normalized spacial score (nSPS) is 12.6. The lowest BCUT2D eigenvalue weighted by molar-refractivity contribution is -0.142. The van der Waals surface area contributed by atoms with E-state index in [9.17, 15) is 9.90 Å². The fourth-order valence-corrected chi connectivity index (χ4v) is 1.79. The zero-order valence-corrected chi connectivity index (χ0v) is 9.95. The first-order chi connectivity index (χ1) is 7.99. The van der Waals surface area contributed by atoms with Crippen LogP contribution in [0.15, 0.2) is 18.3 Å². The predicted octanol–water partition coefficient (Wildman–Crippen LogP) is 1.14. The molecule has 0 bridgehead atoms. The van der Waals surface area contributed by atoms with Gasteiger partial charge in [-0.15, -0.1) is 0 Å². The molecule has 0 aliphatic heterocycles. The van der Waals surface area contributed by atoms with Crippen molar-refractivity contribution >= 4 is 5.97 Å². The summed E-state index contributed by atoms with van der Waals surface area (Å²) in [4.78, 5) is 11.3. The van der Waals surface area contributed by atoms with Crippen molar-refractivity contribution in [1.29, 1.82) is 0 Å². The molecule has 0 aromatic carbocycles. The summed E-state index contributed by atoms with van der Waals surface area (Å²) in [5.74, 6) is -0.987. The molecule has 17 heavy (non-hydrogen) atoms. The molecular formula is C11H14N4O2. The second-order valence-electron chi connectivity index (χ2n) is 4.02. The third-order valence-electron chi connectivity index (χ3n) is 2.49. The van der Waals surface area contributed by atoms with Crippen LogP contribution in [-0.4, -0.2) is 30.6 Å². The number of rotatable bonds is 3. The van der Waals surface area contributed by atoms with Gasteiger partial charge < -0.3 is 5.11 Å². The smallest absolute Gasteiger partial charge is 0.351 e. The maximum absolute atomic E-state index is 11.3. The summed E-state index contributed by atoms with van der Waals surface area (Å²) in [5, 5.41) is 17.6. The molecule has 0 aliphatic carbocycles. The van der Waals surface area contributed by atoms with E-state index >= 15 is 0 Å². The Morgan fingerprint density at radius 1 is 1.29 bits per heavy atom. The van der Waals surface area contributed by atoms with E-state index in [-0.39, 0.29) is 0 Å². The van der Waals surface area contributed by atoms with Gasteiger partial charge in [-0.25, -0.2) is 14.2 Å². The first-order valence-electron chi connectivity index (χ1n) is 5.26. The van der Waals surface area contributed by atoms with Gasteiger partial charge in [0, 0.05) is 11.9 Å². The zero-order chi connectivity index (χ0) is 12.6. The first-order valence-corrected chi connectivity index (χ1v) is 5.26. The molecule has 2 aromatic rings. The summed E-state index contributed by atoms with van der Waals surface area (Å²) < 4.78 is 2.86. The quantitative estimate of drug-likeness (QED) is 0.864. The lowest BCUT2D eigenvalue weighted by Gasteiger charge is -2.15. The topological polar surface area (TPSA) is 72.9 Å². The molecule has 0 saturated carbocycles. The molecule has 0 radical (unpaired) electrons. The largest absolute Gasteiger partial charge is 0.478 e. The molecule has 1 atom stereocenters. The van der Waals surface area contributed by atoms with Gasteiger partial charge in [-0.05, 0) is 32.9 Å². The molecule has 0 saturated heterocycles. The molecule has 0 aliphatic rings. The Balaban J connectivity index is 2.50. The van der Waals surface area contributed by atoms with Gasteiger partial charge >= 0.3 is 5.97 Å². The van der Waals surface area contributed by atoms with Crippen LogP contribution in [0.3, 0.4) is 0 Å². The molecule has 90 valence electrons. The van der Waals surface area contributed by atoms with Crippen molar-refractivity contribution in [2.75, 3.05) is 0 Å². The molecular weight excluding hydrogens is 220 g/mol. The van der Waals surface area contributed by atoms with Crippen LogP contribution < -0.4 is 0 Å². The highest BCUT2D eigenvalue weighted by Crippen LogP contribution is 2.14. The fourth-order valence-electron chi connectivity index (χ4n) is 1.79. The average Bonchev–Trinajstić information content (AvgIpc) is 2.75. The molecule has 0 amide bonds. The van der Waals surface area contributed by atoms with Crippen LogP contribution in [0.1, 0.15) is 23.2 Å². The summed E-state index contributed by atoms with van der Waals surface area (Å²) in [5.41, 5.74) is 2.36. The molecule has 0 fully saturated rings. The molecule has 1 N–H and O–H groups in total. The zero-order valence-electron chi connectivity index (χ0n) is 9.95. The Morgan fingerprint density at radius 2 is 2.00 bits per heavy atom. The van der Waals surface area contributed by atoms with Crippen LogP contribution in [0.25, 0.3) is 0 Å². The van der Waals surface area contributed by atoms with E-state index in [1.807, 2.05) is 26.8 Å². The Bertz CT molecular complexity index is 556. The minimum atomic E-state index is -0.987. The van der Waals surface area contributed by atoms with Crippen LogP contribution in [0.5, 0.6) is 0 Å². The number of nitrogens with zero attached hydrogens (tertiary/aromatic N) is 4. The summed E-state index contributed by atoms with van der Waals surface area (Å²) in [6.45, 7) is 5.47. The Kier molecular flexibility index (Phi) is 2.71. The van der Waals surface area contributed by atoms with Crippen LogP contribution in [-0.2, 0) is 4.79 Å². The average molecular weight is 234 g/mol. The van der Waals surface area contributed by atoms with E-state index in [2.05, 4.69) is 10.2 Å². The maximum atomic E-state index is 11.3. The van der Waals surface area contributed by atoms with Crippen LogP contribution in [0, 0.1) is 20.8 Å². The fraction of sp³-hybridized carbons (Fsp3) is 0.364. The van der Waals surface area contributed by atoms with E-state index in [1.165, 1.54) is 9.36 Å². The van der Waals surface area contributed by atoms with Gasteiger partial charge in [0.05, 0.1) is 11.4 Å². The van der Waals surface area contributed by atoms with Crippen LogP contribution >= 0.6 is 0 Å². The van der Waals surface area contributed by atoms with Crippen molar-refractivity contribution in [3.8, 4) is 0 Å². The van der Waals surface area contributed by atoms with Crippen molar-refractivity contribution in [2.45, 2.75) is 26.9 Å². The third-order valence-corrected chi connectivity index (χ3v) is 2.49. The van der Waals surface area contributed by atoms with Crippen LogP contribution in [0.4, 0.5) is 0 Å². The Hall–Kier alpha value is -2.11. The number of carboxylic acids is 1. The van der Waals surface area contributed by atoms with Gasteiger partial charge in [-0.2, -0.15) is 10.2 Å². The molecule has 2 rings (SSSR count). The van der Waals surface area contributed by atoms with Crippen molar-refractivity contribution in [1.82, 2.24) is 19.6 Å². The molecule has 2 heterocycles. The predicted molar refractivity (Wildman–Crippen MR) is 60.7 cm³/mol. The SMILES string of the molecule is Cc1ccn(C(C(=O)O)n2nc(C)cc2C)n1. The van der Waals surface area contributed by atoms with Crippen molar-refractivity contribution in [3.63, 3.8) is 0 Å². The van der Waals surface area contributed by atoms with E-state index in [0.29, 0.717) is 0 Å². The Labute approximate surface area is 98.5 Å². The van der Waals surface area contributed by atoms with Gasteiger partial charge in [0.1, 0.15) is 0 Å².